The number of ether oxygens (including phenoxy) is 1. The summed E-state index contributed by atoms with van der Waals surface area (Å²) in [7, 11) is 1.69. The maximum atomic E-state index is 13.1. The van der Waals surface area contributed by atoms with Crippen LogP contribution in [0.4, 0.5) is 11.4 Å². The number of carbonyl (C=O) groups is 2. The summed E-state index contributed by atoms with van der Waals surface area (Å²) in [6, 6.07) is 8.93. The molecule has 4 aromatic rings. The monoisotopic (exact) mass is 575 g/mol. The van der Waals surface area contributed by atoms with Gasteiger partial charge in [0.1, 0.15) is 28.8 Å². The van der Waals surface area contributed by atoms with E-state index < -0.39 is 5.41 Å². The Hall–Kier alpha value is -4.38. The lowest BCUT2D eigenvalue weighted by molar-refractivity contribution is -0.137. The number of furan rings is 1. The van der Waals surface area contributed by atoms with Gasteiger partial charge < -0.3 is 33.3 Å². The fraction of sp³-hybridized carbons (Fsp3) is 0.419. The van der Waals surface area contributed by atoms with Crippen molar-refractivity contribution in [3.8, 4) is 5.75 Å². The number of pyridine rings is 1. The van der Waals surface area contributed by atoms with E-state index in [1.807, 2.05) is 38.1 Å². The summed E-state index contributed by atoms with van der Waals surface area (Å²) >= 11 is 0. The van der Waals surface area contributed by atoms with Crippen LogP contribution >= 0.6 is 0 Å². The van der Waals surface area contributed by atoms with Crippen LogP contribution in [0.5, 0.6) is 5.75 Å². The molecule has 1 unspecified atom stereocenters. The van der Waals surface area contributed by atoms with Crippen molar-refractivity contribution in [2.75, 3.05) is 36.5 Å². The van der Waals surface area contributed by atoms with Crippen molar-refractivity contribution >= 4 is 34.2 Å². The lowest BCUT2D eigenvalue weighted by Gasteiger charge is -2.27. The standard InChI is InChI=1S/C31H37N5O6/c1-6-36-25-9-8-21(17-26(25)34(5)29(38)31(3,4)30(36)39)41-15-7-12-32-23(24-18-40-19-33-24)10-13-35-14-11-27-22(28(35)37)16-20(2)42-27/h8-9,11,14,16-19,23,32H,6-7,10,12-13,15H2,1-5H3. The summed E-state index contributed by atoms with van der Waals surface area (Å²) in [6.07, 6.45) is 6.09. The molecule has 0 saturated heterocycles. The van der Waals surface area contributed by atoms with Gasteiger partial charge in [0.25, 0.3) is 5.56 Å². The summed E-state index contributed by atoms with van der Waals surface area (Å²) < 4.78 is 18.5. The number of anilines is 2. The summed E-state index contributed by atoms with van der Waals surface area (Å²) in [4.78, 5) is 46.6. The topological polar surface area (TPSA) is 123 Å². The van der Waals surface area contributed by atoms with E-state index in [-0.39, 0.29) is 23.4 Å². The Morgan fingerprint density at radius 1 is 1.10 bits per heavy atom. The van der Waals surface area contributed by atoms with Crippen LogP contribution in [0.15, 0.2) is 62.8 Å². The highest BCUT2D eigenvalue weighted by atomic mass is 16.5. The number of rotatable bonds is 11. The van der Waals surface area contributed by atoms with Crippen molar-refractivity contribution < 1.29 is 23.2 Å². The molecule has 3 aromatic heterocycles. The third-order valence-corrected chi connectivity index (χ3v) is 7.76. The first kappa shape index (κ1) is 29.1. The van der Waals surface area contributed by atoms with Crippen LogP contribution in [0.3, 0.4) is 0 Å². The lowest BCUT2D eigenvalue weighted by Crippen LogP contribution is -2.47. The highest BCUT2D eigenvalue weighted by Gasteiger charge is 2.45. The van der Waals surface area contributed by atoms with Crippen LogP contribution in [0.2, 0.25) is 0 Å². The Morgan fingerprint density at radius 2 is 1.90 bits per heavy atom. The number of fused-ring (bicyclic) bond motifs is 2. The molecule has 1 atom stereocenters. The van der Waals surface area contributed by atoms with Gasteiger partial charge in [-0.3, -0.25) is 14.4 Å². The number of nitrogens with one attached hydrogen (secondary N) is 1. The van der Waals surface area contributed by atoms with Crippen LogP contribution in [0, 0.1) is 12.3 Å². The van der Waals surface area contributed by atoms with Gasteiger partial charge in [-0.1, -0.05) is 0 Å². The molecule has 11 nitrogen and oxygen atoms in total. The van der Waals surface area contributed by atoms with E-state index in [1.54, 1.807) is 48.9 Å². The normalized spacial score (nSPS) is 15.6. The number of aryl methyl sites for hydroxylation is 2. The summed E-state index contributed by atoms with van der Waals surface area (Å²) in [5.41, 5.74) is 1.44. The molecule has 42 heavy (non-hydrogen) atoms. The van der Waals surface area contributed by atoms with Crippen LogP contribution in [0.1, 0.15) is 51.1 Å². The molecule has 0 fully saturated rings. The Morgan fingerprint density at radius 3 is 2.64 bits per heavy atom. The van der Waals surface area contributed by atoms with E-state index in [4.69, 9.17) is 13.6 Å². The maximum Gasteiger partial charge on any atom is 0.261 e. The number of carbonyl (C=O) groups excluding carboxylic acids is 2. The van der Waals surface area contributed by atoms with Gasteiger partial charge in [-0.05, 0) is 71.3 Å². The SMILES string of the molecule is CCN1C(=O)C(C)(C)C(=O)N(C)c2cc(OCCCNC(CCn3ccc4oc(C)cc4c3=O)c3cocn3)ccc21. The second kappa shape index (κ2) is 11.8. The number of oxazole rings is 1. The van der Waals surface area contributed by atoms with Gasteiger partial charge in [0.2, 0.25) is 11.8 Å². The first-order chi connectivity index (χ1) is 20.1. The molecule has 1 N–H and O–H groups in total. The molecule has 5 rings (SSSR count). The second-order valence-electron chi connectivity index (χ2n) is 11.0. The average Bonchev–Trinajstić information content (AvgIpc) is 3.64. The molecular weight excluding hydrogens is 538 g/mol. The zero-order chi connectivity index (χ0) is 30.0. The Labute approximate surface area is 244 Å². The molecule has 0 saturated carbocycles. The van der Waals surface area contributed by atoms with Crippen molar-refractivity contribution in [2.45, 2.75) is 53.1 Å². The number of benzene rings is 1. The van der Waals surface area contributed by atoms with Crippen molar-refractivity contribution in [3.05, 3.63) is 71.0 Å². The Bertz CT molecular complexity index is 1640. The third kappa shape index (κ3) is 5.56. The van der Waals surface area contributed by atoms with Crippen molar-refractivity contribution in [3.63, 3.8) is 0 Å². The molecule has 0 bridgehead atoms. The van der Waals surface area contributed by atoms with Crippen LogP contribution in [0.25, 0.3) is 11.0 Å². The van der Waals surface area contributed by atoms with Gasteiger partial charge in [-0.25, -0.2) is 4.98 Å². The van der Waals surface area contributed by atoms with Gasteiger partial charge in [0, 0.05) is 32.4 Å². The van der Waals surface area contributed by atoms with E-state index in [1.165, 1.54) is 11.3 Å². The molecule has 2 amide bonds. The van der Waals surface area contributed by atoms with Gasteiger partial charge in [0.15, 0.2) is 6.39 Å². The second-order valence-corrected chi connectivity index (χ2v) is 11.0. The zero-order valence-electron chi connectivity index (χ0n) is 24.7. The Balaban J connectivity index is 1.19. The highest BCUT2D eigenvalue weighted by molar-refractivity contribution is 6.20. The van der Waals surface area contributed by atoms with Crippen molar-refractivity contribution in [2.24, 2.45) is 5.41 Å². The molecule has 0 radical (unpaired) electrons. The first-order valence-corrected chi connectivity index (χ1v) is 14.2. The van der Waals surface area contributed by atoms with Crippen LogP contribution in [-0.2, 0) is 16.1 Å². The van der Waals surface area contributed by atoms with Crippen LogP contribution in [-0.4, -0.2) is 48.1 Å². The Kier molecular flexibility index (Phi) is 8.22. The quantitative estimate of drug-likeness (QED) is 0.206. The molecule has 0 spiro atoms. The molecule has 4 heterocycles. The summed E-state index contributed by atoms with van der Waals surface area (Å²) in [5, 5.41) is 4.08. The summed E-state index contributed by atoms with van der Waals surface area (Å²) in [5.74, 6) is 0.850. The van der Waals surface area contributed by atoms with E-state index >= 15 is 0 Å². The smallest absolute Gasteiger partial charge is 0.261 e. The number of hydrogen-bond donors (Lipinski definition) is 1. The van der Waals surface area contributed by atoms with Gasteiger partial charge in [-0.2, -0.15) is 0 Å². The highest BCUT2D eigenvalue weighted by Crippen LogP contribution is 2.40. The van der Waals surface area contributed by atoms with Crippen molar-refractivity contribution in [1.29, 1.82) is 0 Å². The minimum absolute atomic E-state index is 0.0836. The number of hydrogen-bond acceptors (Lipinski definition) is 8. The van der Waals surface area contributed by atoms with Gasteiger partial charge in [-0.15, -0.1) is 0 Å². The van der Waals surface area contributed by atoms with E-state index in [0.717, 1.165) is 5.69 Å². The minimum Gasteiger partial charge on any atom is -0.493 e. The molecule has 222 valence electrons. The minimum atomic E-state index is -1.16. The fourth-order valence-corrected chi connectivity index (χ4v) is 5.41. The zero-order valence-corrected chi connectivity index (χ0v) is 24.7. The van der Waals surface area contributed by atoms with Crippen LogP contribution < -0.4 is 25.4 Å². The molecule has 1 aliphatic rings. The lowest BCUT2D eigenvalue weighted by atomic mass is 9.90. The van der Waals surface area contributed by atoms with E-state index in [2.05, 4.69) is 10.3 Å². The molecule has 11 heteroatoms. The number of nitrogens with zero attached hydrogens (tertiary/aromatic N) is 4. The summed E-state index contributed by atoms with van der Waals surface area (Å²) in [6.45, 7) is 9.08. The molecule has 1 aliphatic heterocycles. The number of aromatic nitrogens is 2. The predicted octanol–water partition coefficient (Wildman–Crippen LogP) is 4.44. The van der Waals surface area contributed by atoms with Crippen molar-refractivity contribution in [1.82, 2.24) is 14.9 Å². The maximum absolute atomic E-state index is 13.1. The average molecular weight is 576 g/mol. The predicted molar refractivity (Wildman–Crippen MR) is 159 cm³/mol. The largest absolute Gasteiger partial charge is 0.493 e. The van der Waals surface area contributed by atoms with E-state index in [0.29, 0.717) is 72.9 Å². The van der Waals surface area contributed by atoms with E-state index in [9.17, 15) is 14.4 Å². The molecule has 0 aliphatic carbocycles. The van der Waals surface area contributed by atoms with Gasteiger partial charge >= 0.3 is 0 Å². The fourth-order valence-electron chi connectivity index (χ4n) is 5.41. The molecule has 1 aromatic carbocycles. The molecular formula is C31H37N5O6. The first-order valence-electron chi connectivity index (χ1n) is 14.2. The third-order valence-electron chi connectivity index (χ3n) is 7.76. The van der Waals surface area contributed by atoms with Gasteiger partial charge in [0.05, 0.1) is 35.1 Å². The number of amides is 2.